The summed E-state index contributed by atoms with van der Waals surface area (Å²) in [4.78, 5) is 10.1. The zero-order chi connectivity index (χ0) is 13.0. The SMILES string of the molecule is Cl.NCCC[C@H](N)c1cc(Br)cc([N+](=O)[O-])c1O. The fraction of sp³-hybridized carbons (Fsp3) is 0.400. The van der Waals surface area contributed by atoms with Crippen molar-refractivity contribution < 1.29 is 10.0 Å². The van der Waals surface area contributed by atoms with Crippen molar-refractivity contribution in [3.05, 3.63) is 32.3 Å². The fourth-order valence-corrected chi connectivity index (χ4v) is 1.98. The van der Waals surface area contributed by atoms with E-state index in [9.17, 15) is 15.2 Å². The molecule has 0 bridgehead atoms. The lowest BCUT2D eigenvalue weighted by molar-refractivity contribution is -0.386. The number of phenolic OH excluding ortho intramolecular Hbond substituents is 1. The third-order valence-electron chi connectivity index (χ3n) is 2.40. The maximum absolute atomic E-state index is 10.7. The molecule has 0 radical (unpaired) electrons. The van der Waals surface area contributed by atoms with Gasteiger partial charge in [0.05, 0.1) is 4.92 Å². The maximum atomic E-state index is 10.7. The summed E-state index contributed by atoms with van der Waals surface area (Å²) in [7, 11) is 0. The fourth-order valence-electron chi connectivity index (χ4n) is 1.52. The number of hydrogen-bond donors (Lipinski definition) is 3. The van der Waals surface area contributed by atoms with Crippen molar-refractivity contribution in [2.75, 3.05) is 6.54 Å². The zero-order valence-electron chi connectivity index (χ0n) is 9.51. The highest BCUT2D eigenvalue weighted by molar-refractivity contribution is 9.10. The number of halogens is 2. The highest BCUT2D eigenvalue weighted by Crippen LogP contribution is 2.37. The van der Waals surface area contributed by atoms with Gasteiger partial charge in [-0.25, -0.2) is 0 Å². The van der Waals surface area contributed by atoms with E-state index >= 15 is 0 Å². The van der Waals surface area contributed by atoms with Crippen LogP contribution in [0.4, 0.5) is 5.69 Å². The second kappa shape index (κ2) is 7.52. The molecule has 0 aliphatic heterocycles. The first-order valence-electron chi connectivity index (χ1n) is 5.09. The zero-order valence-corrected chi connectivity index (χ0v) is 11.9. The monoisotopic (exact) mass is 339 g/mol. The van der Waals surface area contributed by atoms with Crippen LogP contribution in [0, 0.1) is 10.1 Å². The van der Waals surface area contributed by atoms with Crippen molar-refractivity contribution in [3.63, 3.8) is 0 Å². The van der Waals surface area contributed by atoms with Gasteiger partial charge in [0.1, 0.15) is 0 Å². The molecule has 1 aromatic carbocycles. The summed E-state index contributed by atoms with van der Waals surface area (Å²) in [6.45, 7) is 0.491. The van der Waals surface area contributed by atoms with E-state index in [0.29, 0.717) is 29.4 Å². The molecule has 0 aliphatic rings. The number of nitro groups is 1. The Morgan fingerprint density at radius 2 is 2.11 bits per heavy atom. The molecule has 0 saturated heterocycles. The van der Waals surface area contributed by atoms with Crippen LogP contribution in [0.3, 0.4) is 0 Å². The number of benzene rings is 1. The molecule has 8 heteroatoms. The van der Waals surface area contributed by atoms with Crippen molar-refractivity contribution in [3.8, 4) is 5.75 Å². The average Bonchev–Trinajstić information content (AvgIpc) is 2.28. The summed E-state index contributed by atoms with van der Waals surface area (Å²) in [6, 6.07) is 2.37. The number of nitrogens with zero attached hydrogens (tertiary/aromatic N) is 1. The first kappa shape index (κ1) is 17.1. The number of hydrogen-bond acceptors (Lipinski definition) is 5. The number of nitro benzene ring substituents is 1. The van der Waals surface area contributed by atoms with Crippen LogP contribution in [0.5, 0.6) is 5.75 Å². The second-order valence-corrected chi connectivity index (χ2v) is 4.57. The summed E-state index contributed by atoms with van der Waals surface area (Å²) in [5.74, 6) is -0.372. The Bertz CT molecular complexity index is 431. The molecule has 0 aliphatic carbocycles. The molecule has 1 atom stereocenters. The summed E-state index contributed by atoms with van der Waals surface area (Å²) >= 11 is 3.16. The third-order valence-corrected chi connectivity index (χ3v) is 2.86. The summed E-state index contributed by atoms with van der Waals surface area (Å²) < 4.78 is 0.514. The van der Waals surface area contributed by atoms with E-state index in [1.54, 1.807) is 6.07 Å². The second-order valence-electron chi connectivity index (χ2n) is 3.66. The molecule has 0 unspecified atom stereocenters. The largest absolute Gasteiger partial charge is 0.502 e. The number of aromatic hydroxyl groups is 1. The minimum Gasteiger partial charge on any atom is -0.502 e. The quantitative estimate of drug-likeness (QED) is 0.561. The Morgan fingerprint density at radius 3 is 2.61 bits per heavy atom. The van der Waals surface area contributed by atoms with Gasteiger partial charge in [-0.2, -0.15) is 0 Å². The van der Waals surface area contributed by atoms with Gasteiger partial charge in [-0.15, -0.1) is 12.4 Å². The molecule has 102 valence electrons. The molecule has 18 heavy (non-hydrogen) atoms. The van der Waals surface area contributed by atoms with Crippen LogP contribution in [-0.4, -0.2) is 16.6 Å². The van der Waals surface area contributed by atoms with Crippen molar-refractivity contribution in [1.82, 2.24) is 0 Å². The summed E-state index contributed by atoms with van der Waals surface area (Å²) in [5.41, 5.74) is 11.2. The molecule has 0 amide bonds. The topological polar surface area (TPSA) is 115 Å². The van der Waals surface area contributed by atoms with Gasteiger partial charge in [-0.1, -0.05) is 15.9 Å². The van der Waals surface area contributed by atoms with E-state index in [2.05, 4.69) is 15.9 Å². The smallest absolute Gasteiger partial charge is 0.312 e. The predicted octanol–water partition coefficient (Wildman–Crippen LogP) is 2.22. The number of nitrogens with two attached hydrogens (primary N) is 2. The Balaban J connectivity index is 0.00000289. The maximum Gasteiger partial charge on any atom is 0.312 e. The van der Waals surface area contributed by atoms with E-state index < -0.39 is 11.0 Å². The van der Waals surface area contributed by atoms with Crippen LogP contribution in [-0.2, 0) is 0 Å². The lowest BCUT2D eigenvalue weighted by atomic mass is 10.0. The van der Waals surface area contributed by atoms with Crippen LogP contribution < -0.4 is 11.5 Å². The summed E-state index contributed by atoms with van der Waals surface area (Å²) in [5, 5.41) is 20.5. The first-order chi connectivity index (χ1) is 7.97. The predicted molar refractivity (Wildman–Crippen MR) is 74.9 cm³/mol. The molecule has 5 N–H and O–H groups in total. The first-order valence-corrected chi connectivity index (χ1v) is 5.89. The standard InChI is InChI=1S/C10H14BrN3O3.ClH/c11-6-4-7(8(13)2-1-3-12)10(15)9(5-6)14(16)17;/h4-5,8,15H,1-3,12-13H2;1H/t8-;/m0./s1. The van der Waals surface area contributed by atoms with Gasteiger partial charge in [-0.3, -0.25) is 10.1 Å². The average molecular weight is 341 g/mol. The van der Waals surface area contributed by atoms with Gasteiger partial charge in [0.25, 0.3) is 0 Å². The van der Waals surface area contributed by atoms with Crippen molar-refractivity contribution >= 4 is 34.0 Å². The van der Waals surface area contributed by atoms with Crippen LogP contribution in [0.1, 0.15) is 24.4 Å². The molecule has 1 aromatic rings. The van der Waals surface area contributed by atoms with E-state index in [-0.39, 0.29) is 23.8 Å². The lowest BCUT2D eigenvalue weighted by Gasteiger charge is -2.13. The Labute approximate surface area is 119 Å². The minimum absolute atomic E-state index is 0. The van der Waals surface area contributed by atoms with Crippen molar-refractivity contribution in [2.24, 2.45) is 11.5 Å². The number of phenols is 1. The number of rotatable bonds is 5. The van der Waals surface area contributed by atoms with Crippen molar-refractivity contribution in [1.29, 1.82) is 0 Å². The molecule has 0 heterocycles. The van der Waals surface area contributed by atoms with Crippen LogP contribution in [0.2, 0.25) is 0 Å². The van der Waals surface area contributed by atoms with Gasteiger partial charge in [-0.05, 0) is 25.5 Å². The molecule has 0 aromatic heterocycles. The Hall–Kier alpha value is -0.890. The lowest BCUT2D eigenvalue weighted by Crippen LogP contribution is -2.13. The molecular formula is C10H15BrClN3O3. The Kier molecular flexibility index (Phi) is 7.15. The highest BCUT2D eigenvalue weighted by atomic mass is 79.9. The molecule has 0 saturated carbocycles. The molecule has 6 nitrogen and oxygen atoms in total. The van der Waals surface area contributed by atoms with Crippen LogP contribution in [0.15, 0.2) is 16.6 Å². The van der Waals surface area contributed by atoms with Crippen molar-refractivity contribution in [2.45, 2.75) is 18.9 Å². The normalized spacial score (nSPS) is 11.7. The van der Waals surface area contributed by atoms with E-state index in [1.165, 1.54) is 6.07 Å². The van der Waals surface area contributed by atoms with Gasteiger partial charge < -0.3 is 16.6 Å². The Morgan fingerprint density at radius 1 is 1.50 bits per heavy atom. The molecule has 0 fully saturated rings. The van der Waals surface area contributed by atoms with E-state index in [1.807, 2.05) is 0 Å². The van der Waals surface area contributed by atoms with Gasteiger partial charge in [0, 0.05) is 22.1 Å². The minimum atomic E-state index is -0.640. The van der Waals surface area contributed by atoms with Crippen LogP contribution in [0.25, 0.3) is 0 Å². The molecular weight excluding hydrogens is 325 g/mol. The summed E-state index contributed by atoms with van der Waals surface area (Å²) in [6.07, 6.45) is 1.26. The molecule has 0 spiro atoms. The van der Waals surface area contributed by atoms with Crippen LogP contribution >= 0.6 is 28.3 Å². The van der Waals surface area contributed by atoms with E-state index in [0.717, 1.165) is 0 Å². The van der Waals surface area contributed by atoms with Gasteiger partial charge in [0.15, 0.2) is 5.75 Å². The highest BCUT2D eigenvalue weighted by Gasteiger charge is 2.21. The molecule has 1 rings (SSSR count). The van der Waals surface area contributed by atoms with Gasteiger partial charge in [0.2, 0.25) is 0 Å². The van der Waals surface area contributed by atoms with Gasteiger partial charge >= 0.3 is 5.69 Å². The third kappa shape index (κ3) is 4.09. The van der Waals surface area contributed by atoms with E-state index in [4.69, 9.17) is 11.5 Å².